The monoisotopic (exact) mass is 627 g/mol. The zero-order valence-corrected chi connectivity index (χ0v) is 26.9. The minimum absolute atomic E-state index is 0.00190. The van der Waals surface area contributed by atoms with E-state index in [4.69, 9.17) is 20.3 Å². The number of benzene rings is 1. The summed E-state index contributed by atoms with van der Waals surface area (Å²) in [4.78, 5) is 40.8. The predicted molar refractivity (Wildman–Crippen MR) is 160 cm³/mol. The normalized spacial score (nSPS) is 16.0. The minimum atomic E-state index is -4.10. The van der Waals surface area contributed by atoms with Gasteiger partial charge in [-0.15, -0.1) is 0 Å². The van der Waals surface area contributed by atoms with Gasteiger partial charge in [0.15, 0.2) is 0 Å². The van der Waals surface area contributed by atoms with Crippen LogP contribution in [0, 0.1) is 20.8 Å². The number of nitrogens with one attached hydrogen (secondary N) is 3. The number of carbonyl (C=O) groups excluding carboxylic acids is 2. The van der Waals surface area contributed by atoms with Gasteiger partial charge in [0.1, 0.15) is 29.0 Å². The van der Waals surface area contributed by atoms with Gasteiger partial charge in [0.25, 0.3) is 10.0 Å². The van der Waals surface area contributed by atoms with Gasteiger partial charge in [-0.3, -0.25) is 9.79 Å². The third kappa shape index (κ3) is 9.71. The molecule has 2 amide bonds. The first kappa shape index (κ1) is 35.6. The van der Waals surface area contributed by atoms with Gasteiger partial charge in [0.05, 0.1) is 4.90 Å². The van der Waals surface area contributed by atoms with Crippen molar-refractivity contribution >= 4 is 34.0 Å². The van der Waals surface area contributed by atoms with Gasteiger partial charge < -0.3 is 36.1 Å². The van der Waals surface area contributed by atoms with E-state index in [1.807, 2.05) is 20.8 Å². The Morgan fingerprint density at radius 3 is 2.26 bits per heavy atom. The van der Waals surface area contributed by atoms with Crippen LogP contribution < -0.4 is 25.8 Å². The molecule has 1 aromatic carbocycles. The van der Waals surface area contributed by atoms with E-state index < -0.39 is 57.9 Å². The summed E-state index contributed by atoms with van der Waals surface area (Å²) in [5.41, 5.74) is 7.30. The van der Waals surface area contributed by atoms with Gasteiger partial charge in [-0.05, 0) is 84.9 Å². The van der Waals surface area contributed by atoms with Gasteiger partial charge in [-0.1, -0.05) is 0 Å². The van der Waals surface area contributed by atoms with Gasteiger partial charge in [0, 0.05) is 31.6 Å². The Labute approximate surface area is 252 Å². The molecule has 1 aromatic rings. The van der Waals surface area contributed by atoms with Crippen molar-refractivity contribution in [1.29, 1.82) is 0 Å². The number of carboxylic acids is 1. The lowest BCUT2D eigenvalue weighted by Crippen LogP contribution is -2.52. The first-order valence-corrected chi connectivity index (χ1v) is 15.5. The number of sulfonamides is 1. The summed E-state index contributed by atoms with van der Waals surface area (Å²) in [5, 5.41) is 23.1. The summed E-state index contributed by atoms with van der Waals surface area (Å²) in [5.74, 6) is -1.80. The van der Waals surface area contributed by atoms with E-state index in [0.29, 0.717) is 23.3 Å². The molecule has 0 saturated heterocycles. The van der Waals surface area contributed by atoms with Crippen molar-refractivity contribution in [2.24, 2.45) is 10.7 Å². The van der Waals surface area contributed by atoms with E-state index in [9.17, 15) is 27.9 Å². The highest BCUT2D eigenvalue weighted by Crippen LogP contribution is 2.43. The van der Waals surface area contributed by atoms with E-state index in [1.165, 1.54) is 0 Å². The quantitative estimate of drug-likeness (QED) is 0.112. The van der Waals surface area contributed by atoms with Crippen LogP contribution in [0.2, 0.25) is 0 Å². The molecule has 14 nitrogen and oxygen atoms in total. The van der Waals surface area contributed by atoms with Gasteiger partial charge >= 0.3 is 12.1 Å². The van der Waals surface area contributed by atoms with Crippen molar-refractivity contribution in [3.8, 4) is 5.75 Å². The third-order valence-corrected chi connectivity index (χ3v) is 8.40. The molecule has 0 bridgehead atoms. The summed E-state index contributed by atoms with van der Waals surface area (Å²) in [7, 11) is -4.10. The number of nitrogens with zero attached hydrogens (tertiary/aromatic N) is 1. The molecule has 0 radical (unpaired) electrons. The van der Waals surface area contributed by atoms with Crippen molar-refractivity contribution in [3.63, 3.8) is 0 Å². The fraction of sp³-hybridized carbons (Fsp3) is 0.643. The zero-order chi connectivity index (χ0) is 32.9. The Hall–Kier alpha value is -3.59. The Balaban J connectivity index is 2.15. The van der Waals surface area contributed by atoms with Crippen LogP contribution in [-0.4, -0.2) is 79.0 Å². The Morgan fingerprint density at radius 2 is 1.70 bits per heavy atom. The number of carboxylic acid groups (broad SMARTS) is 1. The number of aliphatic hydroxyl groups excluding tert-OH is 1. The van der Waals surface area contributed by atoms with Gasteiger partial charge in [-0.2, -0.15) is 0 Å². The molecule has 7 N–H and O–H groups in total. The number of alkyl carbamates (subject to hydrolysis) is 1. The fourth-order valence-electron chi connectivity index (χ4n) is 4.74. The smallest absolute Gasteiger partial charge is 0.408 e. The first-order chi connectivity index (χ1) is 19.7. The van der Waals surface area contributed by atoms with Crippen molar-refractivity contribution in [1.82, 2.24) is 15.4 Å². The Kier molecular flexibility index (Phi) is 11.4. The molecule has 1 heterocycles. The number of aliphatic imine (C=N–C) groups is 1. The number of hydrogen-bond acceptors (Lipinski definition) is 9. The maximum Gasteiger partial charge on any atom is 0.408 e. The van der Waals surface area contributed by atoms with Crippen LogP contribution >= 0.6 is 0 Å². The third-order valence-electron chi connectivity index (χ3n) is 6.77. The molecule has 43 heavy (non-hydrogen) atoms. The second-order valence-electron chi connectivity index (χ2n) is 12.2. The number of ether oxygens (including phenoxy) is 2. The number of guanidine groups is 1. The van der Waals surface area contributed by atoms with Crippen LogP contribution in [0.4, 0.5) is 4.79 Å². The standard InChI is InChI=1S/C28H45N5O9S/c1-15-16(2)22(17(3)18-14-28(7,8)41-21(15)18)43(39,40)33-25(29)30-12-9-10-19(32-26(38)42-27(4,5)6)23(35)31-20(11-13-34)24(36)37/h19-20,34H,9-14H2,1-8H3,(H,31,35)(H,32,38)(H,36,37)(H3,29,30,33)/t19-,20+/m1/s1. The van der Waals surface area contributed by atoms with Gasteiger partial charge in [0.2, 0.25) is 11.9 Å². The van der Waals surface area contributed by atoms with Crippen molar-refractivity contribution < 1.29 is 42.5 Å². The molecule has 0 aliphatic carbocycles. The second kappa shape index (κ2) is 13.8. The molecule has 2 rings (SSSR count). The van der Waals surface area contributed by atoms with Crippen molar-refractivity contribution in [2.45, 2.75) is 109 Å². The number of rotatable bonds is 12. The fourth-order valence-corrected chi connectivity index (χ4v) is 6.27. The lowest BCUT2D eigenvalue weighted by atomic mass is 9.94. The molecule has 242 valence electrons. The van der Waals surface area contributed by atoms with Crippen LogP contribution in [0.5, 0.6) is 5.75 Å². The predicted octanol–water partition coefficient (Wildman–Crippen LogP) is 1.54. The average molecular weight is 628 g/mol. The SMILES string of the molecule is Cc1c(C)c(S(=O)(=O)NC(N)=NCCC[C@@H](NC(=O)OC(C)(C)C)C(=O)N[C@@H](CCO)C(=O)O)c(C)c2c1OC(C)(C)C2. The van der Waals surface area contributed by atoms with E-state index in [1.54, 1.807) is 34.6 Å². The molecule has 0 saturated carbocycles. The summed E-state index contributed by atoms with van der Waals surface area (Å²) < 4.78 is 40.3. The van der Waals surface area contributed by atoms with E-state index in [2.05, 4.69) is 20.3 Å². The van der Waals surface area contributed by atoms with Crippen LogP contribution in [0.25, 0.3) is 0 Å². The van der Waals surface area contributed by atoms with Crippen LogP contribution in [-0.2, 0) is 30.8 Å². The molecule has 0 unspecified atom stereocenters. The molecule has 0 fully saturated rings. The molecule has 0 spiro atoms. The summed E-state index contributed by atoms with van der Waals surface area (Å²) in [6.07, 6.45) is -0.397. The highest BCUT2D eigenvalue weighted by atomic mass is 32.2. The molecule has 1 aliphatic heterocycles. The number of carbonyl (C=O) groups is 3. The second-order valence-corrected chi connectivity index (χ2v) is 13.8. The summed E-state index contributed by atoms with van der Waals surface area (Å²) in [6.45, 7) is 13.6. The minimum Gasteiger partial charge on any atom is -0.487 e. The zero-order valence-electron chi connectivity index (χ0n) is 26.1. The topological polar surface area (TPSA) is 219 Å². The highest BCUT2D eigenvalue weighted by molar-refractivity contribution is 7.90. The summed E-state index contributed by atoms with van der Waals surface area (Å²) in [6, 6.07) is -2.56. The largest absolute Gasteiger partial charge is 0.487 e. The number of fused-ring (bicyclic) bond motifs is 1. The first-order valence-electron chi connectivity index (χ1n) is 14.0. The van der Waals surface area contributed by atoms with E-state index in [-0.39, 0.29) is 36.7 Å². The Bertz CT molecular complexity index is 1370. The van der Waals surface area contributed by atoms with E-state index in [0.717, 1.165) is 11.1 Å². The Morgan fingerprint density at radius 1 is 1.07 bits per heavy atom. The molecule has 1 aliphatic rings. The molecule has 0 aromatic heterocycles. The number of aliphatic hydroxyl groups is 1. The molecular formula is C28H45N5O9S. The number of aliphatic carboxylic acids is 1. The maximum absolute atomic E-state index is 13.4. The van der Waals surface area contributed by atoms with Crippen molar-refractivity contribution in [3.05, 3.63) is 22.3 Å². The number of nitrogens with two attached hydrogens (primary N) is 1. The average Bonchev–Trinajstić information content (AvgIpc) is 3.18. The van der Waals surface area contributed by atoms with Crippen molar-refractivity contribution in [2.75, 3.05) is 13.2 Å². The molecular weight excluding hydrogens is 582 g/mol. The van der Waals surface area contributed by atoms with Crippen LogP contribution in [0.3, 0.4) is 0 Å². The van der Waals surface area contributed by atoms with Crippen LogP contribution in [0.15, 0.2) is 9.89 Å². The van der Waals surface area contributed by atoms with Gasteiger partial charge in [-0.25, -0.2) is 22.7 Å². The highest BCUT2D eigenvalue weighted by Gasteiger charge is 2.37. The molecule has 2 atom stereocenters. The maximum atomic E-state index is 13.4. The number of hydrogen-bond donors (Lipinski definition) is 6. The van der Waals surface area contributed by atoms with E-state index >= 15 is 0 Å². The lowest BCUT2D eigenvalue weighted by Gasteiger charge is -2.24. The molecule has 15 heteroatoms. The van der Waals surface area contributed by atoms with Crippen LogP contribution in [0.1, 0.15) is 76.1 Å². The summed E-state index contributed by atoms with van der Waals surface area (Å²) >= 11 is 0. The lowest BCUT2D eigenvalue weighted by molar-refractivity contribution is -0.142. The number of amides is 2.